The zero-order valence-electron chi connectivity index (χ0n) is 9.71. The molecule has 0 bridgehead atoms. The zero-order valence-corrected chi connectivity index (χ0v) is 11.4. The van der Waals surface area contributed by atoms with Crippen molar-refractivity contribution in [3.8, 4) is 5.75 Å². The molecule has 0 aliphatic carbocycles. The summed E-state index contributed by atoms with van der Waals surface area (Å²) in [5.74, 6) is 0.401. The van der Waals surface area contributed by atoms with Gasteiger partial charge in [-0.25, -0.2) is 0 Å². The number of hydrogen-bond donors (Lipinski definition) is 1. The summed E-state index contributed by atoms with van der Waals surface area (Å²) in [6.07, 6.45) is 0. The first-order chi connectivity index (χ1) is 8.84. The Morgan fingerprint density at radius 1 is 0.722 bits per heavy atom. The first-order valence-corrected chi connectivity index (χ1v) is 7.49. The van der Waals surface area contributed by atoms with Gasteiger partial charge < -0.3 is 0 Å². The minimum atomic E-state index is 0.131. The molecule has 0 spiro atoms. The van der Waals surface area contributed by atoms with Gasteiger partial charge in [-0.2, -0.15) is 0 Å². The summed E-state index contributed by atoms with van der Waals surface area (Å²) in [5.41, 5.74) is 0. The van der Waals surface area contributed by atoms with E-state index in [-0.39, 0.29) is 15.0 Å². The Hall–Kier alpha value is -1.76. The van der Waals surface area contributed by atoms with Crippen molar-refractivity contribution in [3.05, 3.63) is 66.7 Å². The second kappa shape index (κ2) is 4.85. The molecule has 0 amide bonds. The normalized spacial score (nSPS) is 10.7. The van der Waals surface area contributed by atoms with E-state index in [1.165, 1.54) is 9.85 Å². The average molecular weight is 299 g/mol. The molecule has 18 heavy (non-hydrogen) atoms. The molecule has 0 saturated carbocycles. The predicted octanol–water partition coefficient (Wildman–Crippen LogP) is 2.20. The van der Waals surface area contributed by atoms with Crippen LogP contribution >= 0.6 is 0 Å². The van der Waals surface area contributed by atoms with Crippen molar-refractivity contribution >= 4 is 34.7 Å². The van der Waals surface area contributed by atoms with E-state index < -0.39 is 0 Å². The molecule has 0 aliphatic rings. The Labute approximate surface area is 112 Å². The molecule has 0 fully saturated rings. The van der Waals surface area contributed by atoms with E-state index in [0.29, 0.717) is 5.75 Å². The first-order valence-electron chi connectivity index (χ1n) is 5.78. The van der Waals surface area contributed by atoms with E-state index in [1.807, 2.05) is 36.4 Å². The quantitative estimate of drug-likeness (QED) is 0.719. The predicted molar refractivity (Wildman–Crippen MR) is 77.1 cm³/mol. The summed E-state index contributed by atoms with van der Waals surface area (Å²) >= 11 is 0.131. The SMILES string of the molecule is Oc1ccc2ccccc2c1[Se]c1ccccc1. The van der Waals surface area contributed by atoms with Crippen LogP contribution in [0.15, 0.2) is 66.7 Å². The van der Waals surface area contributed by atoms with Gasteiger partial charge in [0.25, 0.3) is 0 Å². The van der Waals surface area contributed by atoms with Crippen LogP contribution in [0.5, 0.6) is 5.75 Å². The molecule has 88 valence electrons. The summed E-state index contributed by atoms with van der Waals surface area (Å²) < 4.78 is 2.34. The Morgan fingerprint density at radius 2 is 1.44 bits per heavy atom. The molecule has 0 heterocycles. The van der Waals surface area contributed by atoms with Crippen LogP contribution in [0.3, 0.4) is 0 Å². The van der Waals surface area contributed by atoms with Gasteiger partial charge in [0, 0.05) is 0 Å². The van der Waals surface area contributed by atoms with Crippen molar-refractivity contribution in [3.63, 3.8) is 0 Å². The van der Waals surface area contributed by atoms with Gasteiger partial charge >= 0.3 is 112 Å². The van der Waals surface area contributed by atoms with Crippen LogP contribution in [0, 0.1) is 0 Å². The summed E-state index contributed by atoms with van der Waals surface area (Å²) in [7, 11) is 0. The maximum atomic E-state index is 10.1. The third kappa shape index (κ3) is 2.13. The van der Waals surface area contributed by atoms with Crippen LogP contribution in [0.25, 0.3) is 10.8 Å². The fourth-order valence-electron chi connectivity index (χ4n) is 1.95. The van der Waals surface area contributed by atoms with Crippen molar-refractivity contribution in [1.82, 2.24) is 0 Å². The molecular formula is C16H12OSe. The molecule has 0 unspecified atom stereocenters. The molecule has 3 rings (SSSR count). The van der Waals surface area contributed by atoms with Crippen LogP contribution in [-0.2, 0) is 0 Å². The van der Waals surface area contributed by atoms with E-state index in [1.54, 1.807) is 6.07 Å². The van der Waals surface area contributed by atoms with Gasteiger partial charge in [0.15, 0.2) is 0 Å². The number of aromatic hydroxyl groups is 1. The van der Waals surface area contributed by atoms with E-state index in [0.717, 1.165) is 9.85 Å². The molecule has 2 heteroatoms. The summed E-state index contributed by atoms with van der Waals surface area (Å²) in [6.45, 7) is 0. The fraction of sp³-hybridized carbons (Fsp3) is 0. The van der Waals surface area contributed by atoms with Crippen molar-refractivity contribution in [2.45, 2.75) is 0 Å². The molecule has 0 aromatic heterocycles. The monoisotopic (exact) mass is 300 g/mol. The van der Waals surface area contributed by atoms with Crippen molar-refractivity contribution in [1.29, 1.82) is 0 Å². The molecule has 3 aromatic rings. The van der Waals surface area contributed by atoms with Crippen molar-refractivity contribution in [2.24, 2.45) is 0 Å². The Morgan fingerprint density at radius 3 is 2.28 bits per heavy atom. The number of rotatable bonds is 2. The zero-order chi connectivity index (χ0) is 12.4. The Balaban J connectivity index is 2.13. The van der Waals surface area contributed by atoms with E-state index in [9.17, 15) is 5.11 Å². The Kier molecular flexibility index (Phi) is 3.06. The molecule has 1 N–H and O–H groups in total. The third-order valence-corrected chi connectivity index (χ3v) is 5.22. The summed E-state index contributed by atoms with van der Waals surface area (Å²) in [4.78, 5) is 0. The summed E-state index contributed by atoms with van der Waals surface area (Å²) in [5, 5.41) is 12.4. The standard InChI is InChI=1S/C16H12OSe/c17-15-11-10-12-6-4-5-9-14(12)16(15)18-13-7-2-1-3-8-13/h1-11,17H. The molecule has 0 atom stereocenters. The van der Waals surface area contributed by atoms with Crippen LogP contribution < -0.4 is 8.92 Å². The number of hydrogen-bond acceptors (Lipinski definition) is 1. The van der Waals surface area contributed by atoms with Gasteiger partial charge in [0.2, 0.25) is 0 Å². The Bertz CT molecular complexity index is 677. The van der Waals surface area contributed by atoms with Crippen LogP contribution in [0.2, 0.25) is 0 Å². The van der Waals surface area contributed by atoms with E-state index >= 15 is 0 Å². The molecule has 0 radical (unpaired) electrons. The average Bonchev–Trinajstić information content (AvgIpc) is 2.43. The number of fused-ring (bicyclic) bond motifs is 1. The van der Waals surface area contributed by atoms with Gasteiger partial charge in [-0.15, -0.1) is 0 Å². The van der Waals surface area contributed by atoms with Crippen molar-refractivity contribution in [2.75, 3.05) is 0 Å². The minimum absolute atomic E-state index is 0.131. The van der Waals surface area contributed by atoms with Gasteiger partial charge in [0.1, 0.15) is 0 Å². The molecule has 3 aromatic carbocycles. The van der Waals surface area contributed by atoms with Gasteiger partial charge in [-0.05, 0) is 0 Å². The maximum absolute atomic E-state index is 10.1. The van der Waals surface area contributed by atoms with Crippen LogP contribution in [0.4, 0.5) is 0 Å². The molecule has 0 aliphatic heterocycles. The number of benzene rings is 3. The van der Waals surface area contributed by atoms with E-state index in [4.69, 9.17) is 0 Å². The van der Waals surface area contributed by atoms with Crippen LogP contribution in [-0.4, -0.2) is 20.1 Å². The second-order valence-corrected chi connectivity index (χ2v) is 6.32. The van der Waals surface area contributed by atoms with Gasteiger partial charge in [-0.1, -0.05) is 0 Å². The number of phenolic OH excluding ortho intramolecular Hbond substituents is 1. The van der Waals surface area contributed by atoms with Crippen molar-refractivity contribution < 1.29 is 5.11 Å². The number of phenols is 1. The molecule has 1 nitrogen and oxygen atoms in total. The topological polar surface area (TPSA) is 20.2 Å². The van der Waals surface area contributed by atoms with Gasteiger partial charge in [0.05, 0.1) is 0 Å². The van der Waals surface area contributed by atoms with Gasteiger partial charge in [-0.3, -0.25) is 0 Å². The summed E-state index contributed by atoms with van der Waals surface area (Å²) in [6, 6.07) is 22.3. The van der Waals surface area contributed by atoms with E-state index in [2.05, 4.69) is 24.3 Å². The second-order valence-electron chi connectivity index (χ2n) is 4.05. The fourth-order valence-corrected chi connectivity index (χ4v) is 4.04. The molecular weight excluding hydrogens is 287 g/mol. The first kappa shape index (κ1) is 11.3. The third-order valence-electron chi connectivity index (χ3n) is 2.82. The van der Waals surface area contributed by atoms with Crippen LogP contribution in [0.1, 0.15) is 0 Å². The molecule has 0 saturated heterocycles.